The molecule has 0 aliphatic carbocycles. The number of aliphatic hydroxyl groups is 2. The monoisotopic (exact) mass is 1880 g/mol. The SMILES string of the molecule is CCOC(=O)c1cnc(SC)nc1CCCNC(=O)OC(C)(C)C.CCOC(=O)c1cnc(SC)nc1CCCNC(=O)OC(C)(C)C.CCOC(=O)c1cnc(SC)nc1Cl.CSc1ncc(C=O)c(CCCNC(=O)OC(C)(C)C)n1.CSc1ncc(CO)c(CCCNC(=O)OC(C)(C)C)n1.CSc1ncc(CO)c(CCCNC(=O)OC(C)(C)C)n1. The molecule has 0 unspecified atom stereocenters. The third-order valence-electron chi connectivity index (χ3n) is 14.5. The fourth-order valence-electron chi connectivity index (χ4n) is 9.27. The maximum atomic E-state index is 12.0. The number of nitrogens with one attached hydrogen (secondary N) is 5. The van der Waals surface area contributed by atoms with Crippen molar-refractivity contribution in [2.75, 3.05) is 90.1 Å². The molecular formula is C82H126ClN17O19S6. The molecule has 5 amide bonds. The molecule has 0 aliphatic heterocycles. The fourth-order valence-corrected chi connectivity index (χ4v) is 11.7. The number of aryl methyl sites for hydroxylation is 5. The largest absolute Gasteiger partial charge is 0.462 e. The van der Waals surface area contributed by atoms with Crippen molar-refractivity contribution in [1.29, 1.82) is 0 Å². The molecule has 0 atom stereocenters. The first-order valence-corrected chi connectivity index (χ1v) is 47.6. The molecule has 0 aromatic carbocycles. The lowest BCUT2D eigenvalue weighted by Gasteiger charge is -2.19. The third kappa shape index (κ3) is 52.2. The first kappa shape index (κ1) is 114. The van der Waals surface area contributed by atoms with Gasteiger partial charge in [-0.3, -0.25) is 4.79 Å². The zero-order valence-corrected chi connectivity index (χ0v) is 81.9. The molecule has 6 aromatic rings. The quantitative estimate of drug-likeness (QED) is 0.00369. The zero-order valence-electron chi connectivity index (χ0n) is 76.2. The molecule has 6 rings (SSSR count). The van der Waals surface area contributed by atoms with Gasteiger partial charge in [-0.2, -0.15) is 0 Å². The van der Waals surface area contributed by atoms with Gasteiger partial charge >= 0.3 is 48.4 Å². The Labute approximate surface area is 764 Å². The van der Waals surface area contributed by atoms with Crippen LogP contribution in [0.1, 0.15) is 238 Å². The summed E-state index contributed by atoms with van der Waals surface area (Å²) in [5.74, 6) is -1.36. The van der Waals surface area contributed by atoms with E-state index in [1.165, 1.54) is 95.4 Å². The van der Waals surface area contributed by atoms with Gasteiger partial charge in [0.2, 0.25) is 0 Å². The first-order valence-electron chi connectivity index (χ1n) is 39.8. The summed E-state index contributed by atoms with van der Waals surface area (Å²) in [7, 11) is 0. The van der Waals surface area contributed by atoms with Crippen molar-refractivity contribution >= 4 is 137 Å². The molecule has 696 valence electrons. The van der Waals surface area contributed by atoms with E-state index in [-0.39, 0.29) is 23.9 Å². The Bertz CT molecular complexity index is 4140. The van der Waals surface area contributed by atoms with Crippen LogP contribution < -0.4 is 26.6 Å². The molecule has 0 saturated heterocycles. The number of aldehydes is 1. The number of amides is 5. The van der Waals surface area contributed by atoms with E-state index in [2.05, 4.69) is 86.4 Å². The standard InChI is InChI=1S/2C16H25N3O4S.2C14H23N3O3S.C14H21N3O3S.C8H9ClN2O2S/c2*1-6-22-13(20)11-10-18-14(24-5)19-12(11)8-7-9-17-15(21)23-16(2,3)4;3*1-14(2,3)20-13(19)15-7-5-6-11-10(9-18)8-16-12(17-11)21-4;1-3-13-7(12)5-4-10-8(14-2)11-6(5)9/h2*10H,6-9H2,1-5H3,(H,17,21);2*8,18H,5-7,9H2,1-4H3,(H,15,19);8-9H,5-7H2,1-4H3,(H,15,19);4H,3H2,1-2H3. The topological polar surface area (TPSA) is 483 Å². The molecule has 43 heteroatoms. The van der Waals surface area contributed by atoms with Gasteiger partial charge in [-0.15, -0.1) is 0 Å². The molecule has 0 radical (unpaired) electrons. The van der Waals surface area contributed by atoms with E-state index >= 15 is 0 Å². The van der Waals surface area contributed by atoms with Crippen LogP contribution in [0.3, 0.4) is 0 Å². The van der Waals surface area contributed by atoms with Gasteiger partial charge in [-0.05, 0) is 226 Å². The number of aromatic nitrogens is 12. The summed E-state index contributed by atoms with van der Waals surface area (Å²) >= 11 is 14.3. The van der Waals surface area contributed by atoms with E-state index in [1.807, 2.05) is 141 Å². The highest BCUT2D eigenvalue weighted by Gasteiger charge is 2.24. The predicted molar refractivity (Wildman–Crippen MR) is 486 cm³/mol. The van der Waals surface area contributed by atoms with Gasteiger partial charge < -0.3 is 74.7 Å². The molecule has 36 nitrogen and oxygen atoms in total. The zero-order chi connectivity index (χ0) is 94.5. The summed E-state index contributed by atoms with van der Waals surface area (Å²) in [6.45, 7) is 35.5. The number of rotatable bonds is 35. The van der Waals surface area contributed by atoms with Crippen LogP contribution in [-0.4, -0.2) is 243 Å². The Hall–Kier alpha value is -8.78. The van der Waals surface area contributed by atoms with Gasteiger partial charge in [-0.1, -0.05) is 82.2 Å². The minimum Gasteiger partial charge on any atom is -0.462 e. The number of carbonyl (C=O) groups excluding carboxylic acids is 9. The van der Waals surface area contributed by atoms with Gasteiger partial charge in [-0.25, -0.2) is 98.2 Å². The molecule has 0 saturated carbocycles. The number of hydrogen-bond acceptors (Lipinski definition) is 37. The smallest absolute Gasteiger partial charge is 0.407 e. The number of halogens is 1. The number of hydrogen-bond donors (Lipinski definition) is 7. The van der Waals surface area contributed by atoms with Crippen LogP contribution in [0.25, 0.3) is 0 Å². The van der Waals surface area contributed by atoms with Crippen LogP contribution in [0.15, 0.2) is 68.1 Å². The van der Waals surface area contributed by atoms with Crippen LogP contribution in [0.5, 0.6) is 0 Å². The number of nitrogens with zero attached hydrogens (tertiary/aromatic N) is 12. The van der Waals surface area contributed by atoms with Crippen LogP contribution in [0.2, 0.25) is 5.15 Å². The van der Waals surface area contributed by atoms with Crippen molar-refractivity contribution in [3.8, 4) is 0 Å². The highest BCUT2D eigenvalue weighted by Crippen LogP contribution is 2.22. The molecule has 0 spiro atoms. The predicted octanol–water partition coefficient (Wildman–Crippen LogP) is 14.5. The van der Waals surface area contributed by atoms with E-state index in [4.69, 9.17) is 49.5 Å². The van der Waals surface area contributed by atoms with Crippen molar-refractivity contribution in [3.05, 3.63) is 104 Å². The lowest BCUT2D eigenvalue weighted by Crippen LogP contribution is -2.33. The molecule has 6 aromatic heterocycles. The Morgan fingerprint density at radius 2 is 0.568 bits per heavy atom. The maximum absolute atomic E-state index is 12.0. The Kier molecular flexibility index (Phi) is 55.6. The summed E-state index contributed by atoms with van der Waals surface area (Å²) in [5.41, 5.74) is 3.93. The lowest BCUT2D eigenvalue weighted by molar-refractivity contribution is 0.0511. The average Bonchev–Trinajstić information content (AvgIpc) is 0.844. The summed E-state index contributed by atoms with van der Waals surface area (Å²) < 4.78 is 40.6. The lowest BCUT2D eigenvalue weighted by atomic mass is 10.1. The maximum Gasteiger partial charge on any atom is 0.407 e. The van der Waals surface area contributed by atoms with E-state index in [0.717, 1.165) is 41.6 Å². The van der Waals surface area contributed by atoms with Crippen LogP contribution in [0.4, 0.5) is 24.0 Å². The first-order chi connectivity index (χ1) is 58.8. The second-order valence-corrected chi connectivity index (χ2v) is 35.7. The summed E-state index contributed by atoms with van der Waals surface area (Å²) in [4.78, 5) is 154. The second kappa shape index (κ2) is 60.8. The average molecular weight is 1880 g/mol. The summed E-state index contributed by atoms with van der Waals surface area (Å²) in [6.07, 6.45) is 25.3. The number of alkyl carbamates (subject to hydrolysis) is 5. The fraction of sp³-hybridized carbons (Fsp3) is 0.598. The number of thioether (sulfide) groups is 6. The second-order valence-electron chi connectivity index (χ2n) is 30.7. The van der Waals surface area contributed by atoms with Crippen molar-refractivity contribution in [2.45, 2.75) is 261 Å². The van der Waals surface area contributed by atoms with Crippen molar-refractivity contribution < 1.29 is 91.3 Å². The summed E-state index contributed by atoms with van der Waals surface area (Å²) in [6, 6.07) is 0. The van der Waals surface area contributed by atoms with Crippen molar-refractivity contribution in [1.82, 2.24) is 86.4 Å². The van der Waals surface area contributed by atoms with Crippen LogP contribution >= 0.6 is 82.2 Å². The molecule has 0 fully saturated rings. The molecule has 125 heavy (non-hydrogen) atoms. The molecule has 7 N–H and O–H groups in total. The Morgan fingerprint density at radius 1 is 0.344 bits per heavy atom. The molecule has 0 bridgehead atoms. The highest BCUT2D eigenvalue weighted by atomic mass is 35.5. The number of esters is 3. The molecule has 6 heterocycles. The van der Waals surface area contributed by atoms with Gasteiger partial charge in [0.15, 0.2) is 37.2 Å². The van der Waals surface area contributed by atoms with Gasteiger partial charge in [0.05, 0.1) is 78.2 Å². The van der Waals surface area contributed by atoms with Gasteiger partial charge in [0.25, 0.3) is 0 Å². The van der Waals surface area contributed by atoms with E-state index in [9.17, 15) is 53.4 Å². The molecule has 0 aliphatic rings. The van der Waals surface area contributed by atoms with Crippen LogP contribution in [0, 0.1) is 0 Å². The molecular weight excluding hydrogens is 1750 g/mol. The number of carbonyl (C=O) groups is 9. The Balaban J connectivity index is 0.000000754. The van der Waals surface area contributed by atoms with Gasteiger partial charge in [0, 0.05) is 81.0 Å². The minimum absolute atomic E-state index is 0.0799. The van der Waals surface area contributed by atoms with E-state index in [0.29, 0.717) is 169 Å². The third-order valence-corrected chi connectivity index (χ3v) is 18.2. The van der Waals surface area contributed by atoms with Crippen molar-refractivity contribution in [2.24, 2.45) is 0 Å². The van der Waals surface area contributed by atoms with Crippen LogP contribution in [-0.2, 0) is 83.2 Å². The van der Waals surface area contributed by atoms with Gasteiger partial charge in [0.1, 0.15) is 38.7 Å². The van der Waals surface area contributed by atoms with E-state index in [1.54, 1.807) is 33.2 Å². The van der Waals surface area contributed by atoms with E-state index < -0.39 is 76.4 Å². The highest BCUT2D eigenvalue weighted by molar-refractivity contribution is 7.99. The van der Waals surface area contributed by atoms with Crippen molar-refractivity contribution in [3.63, 3.8) is 0 Å². The normalized spacial score (nSPS) is 11.0. The Morgan fingerprint density at radius 3 is 0.816 bits per heavy atom. The number of ether oxygens (including phenoxy) is 8. The minimum atomic E-state index is -0.527. The number of aliphatic hydroxyl groups excluding tert-OH is 2. The summed E-state index contributed by atoms with van der Waals surface area (Å²) in [5, 5.41) is 35.9.